The molecule has 0 amide bonds. The second-order valence-electron chi connectivity index (χ2n) is 4.73. The van der Waals surface area contributed by atoms with Gasteiger partial charge in [-0.15, -0.1) is 0 Å². The molecule has 0 aromatic heterocycles. The van der Waals surface area contributed by atoms with Crippen molar-refractivity contribution in [2.75, 3.05) is 18.6 Å². The minimum atomic E-state index is -2.96. The third-order valence-electron chi connectivity index (χ3n) is 3.08. The van der Waals surface area contributed by atoms with Gasteiger partial charge in [-0.2, -0.15) is 0 Å². The highest BCUT2D eigenvalue weighted by Crippen LogP contribution is 2.24. The molecule has 0 aliphatic heterocycles. The lowest BCUT2D eigenvalue weighted by Gasteiger charge is -2.21. The molecule has 0 fully saturated rings. The Kier molecular flexibility index (Phi) is 5.82. The van der Waals surface area contributed by atoms with E-state index in [1.165, 1.54) is 0 Å². The highest BCUT2D eigenvalue weighted by Gasteiger charge is 2.17. The number of hydrogen-bond donors (Lipinski definition) is 1. The first-order valence-corrected chi connectivity index (χ1v) is 8.31. The van der Waals surface area contributed by atoms with Gasteiger partial charge in [0, 0.05) is 23.4 Å². The molecule has 1 rings (SSSR count). The quantitative estimate of drug-likeness (QED) is 0.834. The van der Waals surface area contributed by atoms with E-state index in [2.05, 4.69) is 5.32 Å². The van der Waals surface area contributed by atoms with Crippen molar-refractivity contribution < 1.29 is 13.2 Å². The van der Waals surface area contributed by atoms with Gasteiger partial charge < -0.3 is 10.1 Å². The summed E-state index contributed by atoms with van der Waals surface area (Å²) in [6, 6.07) is 7.70. The van der Waals surface area contributed by atoms with E-state index < -0.39 is 9.84 Å². The summed E-state index contributed by atoms with van der Waals surface area (Å²) in [5.41, 5.74) is 1.03. The molecular weight excluding hydrogens is 262 g/mol. The van der Waals surface area contributed by atoms with Crippen molar-refractivity contribution in [1.29, 1.82) is 0 Å². The minimum Gasteiger partial charge on any atom is -0.496 e. The molecule has 0 bridgehead atoms. The lowest BCUT2D eigenvalue weighted by atomic mass is 10.1. The van der Waals surface area contributed by atoms with Crippen molar-refractivity contribution in [1.82, 2.24) is 5.32 Å². The van der Waals surface area contributed by atoms with Gasteiger partial charge in [0.15, 0.2) is 9.84 Å². The number of para-hydroxylation sites is 1. The van der Waals surface area contributed by atoms with Gasteiger partial charge in [-0.05, 0) is 19.9 Å². The van der Waals surface area contributed by atoms with Crippen LogP contribution in [0.5, 0.6) is 5.75 Å². The van der Waals surface area contributed by atoms with Gasteiger partial charge in [0.1, 0.15) is 5.75 Å². The largest absolute Gasteiger partial charge is 0.496 e. The minimum absolute atomic E-state index is 0.0400. The second-order valence-corrected chi connectivity index (χ2v) is 7.13. The van der Waals surface area contributed by atoms with E-state index in [0.717, 1.165) is 11.3 Å². The molecule has 1 aromatic carbocycles. The third kappa shape index (κ3) is 4.84. The van der Waals surface area contributed by atoms with Crippen LogP contribution in [0.3, 0.4) is 0 Å². The highest BCUT2D eigenvalue weighted by atomic mass is 32.2. The number of rotatable bonds is 7. The summed E-state index contributed by atoms with van der Waals surface area (Å²) >= 11 is 0. The van der Waals surface area contributed by atoms with Crippen LogP contribution in [0, 0.1) is 0 Å². The number of ether oxygens (including phenoxy) is 1. The predicted octanol–water partition coefficient (Wildman–Crippen LogP) is 2.17. The number of nitrogens with one attached hydrogen (secondary N) is 1. The molecule has 0 saturated heterocycles. The molecule has 1 unspecified atom stereocenters. The number of sulfone groups is 1. The zero-order valence-electron chi connectivity index (χ0n) is 12.0. The molecule has 0 saturated carbocycles. The summed E-state index contributed by atoms with van der Waals surface area (Å²) < 4.78 is 28.5. The summed E-state index contributed by atoms with van der Waals surface area (Å²) in [7, 11) is -1.32. The van der Waals surface area contributed by atoms with Gasteiger partial charge in [0.05, 0.1) is 12.9 Å². The fraction of sp³-hybridized carbons (Fsp3) is 0.571. The molecule has 1 aromatic rings. The van der Waals surface area contributed by atoms with Crippen molar-refractivity contribution in [3.8, 4) is 5.75 Å². The maximum atomic E-state index is 11.6. The molecule has 5 heteroatoms. The zero-order chi connectivity index (χ0) is 14.5. The monoisotopic (exact) mass is 285 g/mol. The summed E-state index contributed by atoms with van der Waals surface area (Å²) in [6.45, 7) is 5.57. The maximum Gasteiger partial charge on any atom is 0.151 e. The Balaban J connectivity index is 2.71. The van der Waals surface area contributed by atoms with Gasteiger partial charge in [0.25, 0.3) is 0 Å². The van der Waals surface area contributed by atoms with Crippen LogP contribution in [0.25, 0.3) is 0 Å². The topological polar surface area (TPSA) is 55.4 Å². The van der Waals surface area contributed by atoms with Crippen LogP contribution >= 0.6 is 0 Å². The van der Waals surface area contributed by atoms with Gasteiger partial charge >= 0.3 is 0 Å². The SMILES string of the molecule is CCS(=O)(=O)CC(C)N[C@@H](C)c1ccccc1OC. The smallest absolute Gasteiger partial charge is 0.151 e. The lowest BCUT2D eigenvalue weighted by molar-refractivity contribution is 0.398. The van der Waals surface area contributed by atoms with Crippen molar-refractivity contribution >= 4 is 9.84 Å². The van der Waals surface area contributed by atoms with Crippen molar-refractivity contribution in [3.63, 3.8) is 0 Å². The van der Waals surface area contributed by atoms with Crippen LogP contribution in [0.4, 0.5) is 0 Å². The average molecular weight is 285 g/mol. The number of methoxy groups -OCH3 is 1. The fourth-order valence-electron chi connectivity index (χ4n) is 2.09. The van der Waals surface area contributed by atoms with Gasteiger partial charge in [-0.3, -0.25) is 0 Å². The van der Waals surface area contributed by atoms with Crippen molar-refractivity contribution in [3.05, 3.63) is 29.8 Å². The Hall–Kier alpha value is -1.07. The Morgan fingerprint density at radius 1 is 1.26 bits per heavy atom. The van der Waals surface area contributed by atoms with Gasteiger partial charge in [-0.1, -0.05) is 25.1 Å². The first-order chi connectivity index (χ1) is 8.89. The maximum absolute atomic E-state index is 11.6. The highest BCUT2D eigenvalue weighted by molar-refractivity contribution is 7.91. The first-order valence-electron chi connectivity index (χ1n) is 6.49. The molecule has 19 heavy (non-hydrogen) atoms. The predicted molar refractivity (Wildman–Crippen MR) is 78.3 cm³/mol. The van der Waals surface area contributed by atoms with Crippen LogP contribution in [0.1, 0.15) is 32.4 Å². The lowest BCUT2D eigenvalue weighted by Crippen LogP contribution is -2.35. The third-order valence-corrected chi connectivity index (χ3v) is 4.97. The van der Waals surface area contributed by atoms with Crippen molar-refractivity contribution in [2.45, 2.75) is 32.9 Å². The van der Waals surface area contributed by atoms with E-state index in [9.17, 15) is 8.42 Å². The van der Waals surface area contributed by atoms with E-state index >= 15 is 0 Å². The van der Waals surface area contributed by atoms with Gasteiger partial charge in [0.2, 0.25) is 0 Å². The van der Waals surface area contributed by atoms with Crippen LogP contribution in [-0.4, -0.2) is 33.1 Å². The zero-order valence-corrected chi connectivity index (χ0v) is 12.8. The molecule has 0 radical (unpaired) electrons. The molecule has 108 valence electrons. The second kappa shape index (κ2) is 6.91. The van der Waals surface area contributed by atoms with Crippen LogP contribution in [0.2, 0.25) is 0 Å². The molecule has 4 nitrogen and oxygen atoms in total. The Bertz CT molecular complexity index is 499. The number of hydrogen-bond acceptors (Lipinski definition) is 4. The standard InChI is InChI=1S/C14H23NO3S/c1-5-19(16,17)10-11(2)15-12(3)13-8-6-7-9-14(13)18-4/h6-9,11-12,15H,5,10H2,1-4H3/t11?,12-/m0/s1. The van der Waals surface area contributed by atoms with E-state index in [-0.39, 0.29) is 23.6 Å². The molecule has 0 heterocycles. The Morgan fingerprint density at radius 3 is 2.47 bits per heavy atom. The molecule has 2 atom stereocenters. The fourth-order valence-corrected chi connectivity index (χ4v) is 3.18. The Labute approximate surface area is 116 Å². The Morgan fingerprint density at radius 2 is 1.89 bits per heavy atom. The van der Waals surface area contributed by atoms with Crippen molar-refractivity contribution in [2.24, 2.45) is 0 Å². The van der Waals surface area contributed by atoms with Crippen LogP contribution in [-0.2, 0) is 9.84 Å². The summed E-state index contributed by atoms with van der Waals surface area (Å²) in [5.74, 6) is 1.15. The first kappa shape index (κ1) is 16.0. The van der Waals surface area contributed by atoms with E-state index in [4.69, 9.17) is 4.74 Å². The van der Waals surface area contributed by atoms with Crippen LogP contribution < -0.4 is 10.1 Å². The van der Waals surface area contributed by atoms with E-state index in [0.29, 0.717) is 0 Å². The van der Waals surface area contributed by atoms with E-state index in [1.54, 1.807) is 14.0 Å². The molecule has 1 N–H and O–H groups in total. The molecule has 0 aliphatic rings. The molecule has 0 spiro atoms. The number of benzene rings is 1. The normalized spacial score (nSPS) is 14.9. The molecular formula is C14H23NO3S. The summed E-state index contributed by atoms with van der Waals surface area (Å²) in [5, 5.41) is 3.30. The average Bonchev–Trinajstić information content (AvgIpc) is 2.37. The summed E-state index contributed by atoms with van der Waals surface area (Å²) in [6.07, 6.45) is 0. The van der Waals surface area contributed by atoms with E-state index in [1.807, 2.05) is 38.1 Å². The molecule has 0 aliphatic carbocycles. The van der Waals surface area contributed by atoms with Gasteiger partial charge in [-0.25, -0.2) is 8.42 Å². The van der Waals surface area contributed by atoms with Crippen LogP contribution in [0.15, 0.2) is 24.3 Å². The summed E-state index contributed by atoms with van der Waals surface area (Å²) in [4.78, 5) is 0.